The van der Waals surface area contributed by atoms with Crippen molar-refractivity contribution in [3.05, 3.63) is 29.8 Å². The molecule has 0 saturated carbocycles. The van der Waals surface area contributed by atoms with Crippen molar-refractivity contribution < 1.29 is 12.6 Å². The van der Waals surface area contributed by atoms with Gasteiger partial charge in [-0.05, 0) is 25.5 Å². The lowest BCUT2D eigenvalue weighted by Crippen LogP contribution is -2.11. The van der Waals surface area contributed by atoms with E-state index in [1.165, 1.54) is 13.0 Å². The predicted molar refractivity (Wildman–Crippen MR) is 54.8 cm³/mol. The molecule has 3 nitrogen and oxygen atoms in total. The number of hydrogen-bond donors (Lipinski definition) is 0. The fourth-order valence-electron chi connectivity index (χ4n) is 1.06. The maximum Gasteiger partial charge on any atom is 0.298 e. The van der Waals surface area contributed by atoms with E-state index in [9.17, 15) is 8.42 Å². The van der Waals surface area contributed by atoms with Crippen molar-refractivity contribution in [2.45, 2.75) is 24.3 Å². The second kappa shape index (κ2) is 4.29. The quantitative estimate of drug-likeness (QED) is 0.595. The van der Waals surface area contributed by atoms with E-state index in [2.05, 4.69) is 4.18 Å². The van der Waals surface area contributed by atoms with Gasteiger partial charge in [-0.3, -0.25) is 0 Å². The van der Waals surface area contributed by atoms with Crippen LogP contribution >= 0.6 is 11.6 Å². The van der Waals surface area contributed by atoms with Gasteiger partial charge in [0.05, 0.1) is 4.90 Å². The summed E-state index contributed by atoms with van der Waals surface area (Å²) in [6, 6.07) is 6.60. The Hall–Kier alpha value is -0.580. The molecule has 1 aromatic carbocycles. The van der Waals surface area contributed by atoms with E-state index in [4.69, 9.17) is 11.6 Å². The molecule has 0 heterocycles. The van der Waals surface area contributed by atoms with Crippen molar-refractivity contribution in [2.75, 3.05) is 0 Å². The van der Waals surface area contributed by atoms with Gasteiger partial charge < -0.3 is 0 Å². The molecule has 0 aliphatic rings. The summed E-state index contributed by atoms with van der Waals surface area (Å²) in [5, 5.41) is 0. The molecule has 1 atom stereocenters. The highest BCUT2D eigenvalue weighted by Gasteiger charge is 2.19. The summed E-state index contributed by atoms with van der Waals surface area (Å²) in [7, 11) is -3.72. The first-order chi connectivity index (χ1) is 6.43. The van der Waals surface area contributed by atoms with Crippen LogP contribution in [0.1, 0.15) is 12.5 Å². The SMILES string of the molecule is Cc1ccccc1S(=O)(=O)OC(C)Cl. The monoisotopic (exact) mass is 234 g/mol. The third-order valence-electron chi connectivity index (χ3n) is 1.62. The van der Waals surface area contributed by atoms with Gasteiger partial charge in [-0.2, -0.15) is 8.42 Å². The molecule has 0 radical (unpaired) electrons. The van der Waals surface area contributed by atoms with Gasteiger partial charge in [0.1, 0.15) is 5.56 Å². The van der Waals surface area contributed by atoms with E-state index >= 15 is 0 Å². The van der Waals surface area contributed by atoms with Crippen molar-refractivity contribution in [1.29, 1.82) is 0 Å². The molecule has 0 amide bonds. The molecule has 0 aliphatic heterocycles. The first-order valence-corrected chi connectivity index (χ1v) is 5.91. The van der Waals surface area contributed by atoms with Crippen LogP contribution in [0.5, 0.6) is 0 Å². The second-order valence-corrected chi connectivity index (χ2v) is 5.01. The Bertz CT molecular complexity index is 412. The Balaban J connectivity index is 3.11. The van der Waals surface area contributed by atoms with E-state index in [0.717, 1.165) is 0 Å². The summed E-state index contributed by atoms with van der Waals surface area (Å²) in [4.78, 5) is 0.160. The molecule has 14 heavy (non-hydrogen) atoms. The van der Waals surface area contributed by atoms with Crippen LogP contribution in [-0.2, 0) is 14.3 Å². The fourth-order valence-corrected chi connectivity index (χ4v) is 2.51. The Morgan fingerprint density at radius 3 is 2.43 bits per heavy atom. The van der Waals surface area contributed by atoms with Gasteiger partial charge in [0, 0.05) is 0 Å². The van der Waals surface area contributed by atoms with Crippen LogP contribution in [0.3, 0.4) is 0 Å². The molecule has 0 N–H and O–H groups in total. The summed E-state index contributed by atoms with van der Waals surface area (Å²) in [5.74, 6) is 0. The molecular weight excluding hydrogens is 224 g/mol. The first-order valence-electron chi connectivity index (χ1n) is 4.06. The van der Waals surface area contributed by atoms with Crippen molar-refractivity contribution in [2.24, 2.45) is 0 Å². The molecular formula is C9H11ClO3S. The molecule has 0 aromatic heterocycles. The average molecular weight is 235 g/mol. The molecule has 0 spiro atoms. The van der Waals surface area contributed by atoms with Gasteiger partial charge in [0.15, 0.2) is 0 Å². The number of aryl methyl sites for hydroxylation is 1. The highest BCUT2D eigenvalue weighted by Crippen LogP contribution is 2.18. The average Bonchev–Trinajstić information content (AvgIpc) is 2.02. The molecule has 0 saturated heterocycles. The lowest BCUT2D eigenvalue weighted by Gasteiger charge is -2.08. The summed E-state index contributed by atoms with van der Waals surface area (Å²) < 4.78 is 27.8. The van der Waals surface area contributed by atoms with Gasteiger partial charge in [-0.15, -0.1) is 0 Å². The van der Waals surface area contributed by atoms with Gasteiger partial charge in [0.2, 0.25) is 0 Å². The van der Waals surface area contributed by atoms with E-state index in [1.54, 1.807) is 25.1 Å². The lowest BCUT2D eigenvalue weighted by atomic mass is 10.2. The molecule has 1 unspecified atom stereocenters. The standard InChI is InChI=1S/C9H11ClO3S/c1-7-5-3-4-6-9(7)14(11,12)13-8(2)10/h3-6,8H,1-2H3. The number of rotatable bonds is 3. The van der Waals surface area contributed by atoms with E-state index in [-0.39, 0.29) is 4.90 Å². The highest BCUT2D eigenvalue weighted by molar-refractivity contribution is 7.86. The first kappa shape index (κ1) is 11.5. The topological polar surface area (TPSA) is 43.4 Å². The molecule has 5 heteroatoms. The van der Waals surface area contributed by atoms with Crippen LogP contribution < -0.4 is 0 Å². The minimum Gasteiger partial charge on any atom is -0.247 e. The maximum atomic E-state index is 11.6. The minimum atomic E-state index is -3.72. The zero-order valence-electron chi connectivity index (χ0n) is 7.90. The summed E-state index contributed by atoms with van der Waals surface area (Å²) in [5.41, 5.74) is -0.218. The Labute approximate surface area is 88.8 Å². The number of benzene rings is 1. The van der Waals surface area contributed by atoms with E-state index in [0.29, 0.717) is 5.56 Å². The van der Waals surface area contributed by atoms with Crippen molar-refractivity contribution in [3.63, 3.8) is 0 Å². The Morgan fingerprint density at radius 2 is 1.93 bits per heavy atom. The van der Waals surface area contributed by atoms with Gasteiger partial charge >= 0.3 is 0 Å². The molecule has 78 valence electrons. The predicted octanol–water partition coefficient (Wildman–Crippen LogP) is 2.29. The molecule has 0 fully saturated rings. The number of alkyl halides is 1. The highest BCUT2D eigenvalue weighted by atomic mass is 35.5. The van der Waals surface area contributed by atoms with Gasteiger partial charge in [-0.25, -0.2) is 4.18 Å². The Kier molecular flexibility index (Phi) is 3.53. The van der Waals surface area contributed by atoms with Crippen LogP contribution in [0.2, 0.25) is 0 Å². The fraction of sp³-hybridized carbons (Fsp3) is 0.333. The van der Waals surface area contributed by atoms with Crippen LogP contribution in [0, 0.1) is 6.92 Å². The molecule has 0 bridgehead atoms. The molecule has 0 aliphatic carbocycles. The third-order valence-corrected chi connectivity index (χ3v) is 3.36. The number of halogens is 1. The van der Waals surface area contributed by atoms with Crippen LogP contribution in [0.25, 0.3) is 0 Å². The van der Waals surface area contributed by atoms with E-state index < -0.39 is 15.7 Å². The third kappa shape index (κ3) is 2.70. The zero-order valence-corrected chi connectivity index (χ0v) is 9.47. The Morgan fingerprint density at radius 1 is 1.36 bits per heavy atom. The van der Waals surface area contributed by atoms with E-state index in [1.807, 2.05) is 0 Å². The largest absolute Gasteiger partial charge is 0.298 e. The molecule has 1 rings (SSSR count). The molecule has 1 aromatic rings. The van der Waals surface area contributed by atoms with Crippen molar-refractivity contribution >= 4 is 21.7 Å². The van der Waals surface area contributed by atoms with Gasteiger partial charge in [-0.1, -0.05) is 29.8 Å². The lowest BCUT2D eigenvalue weighted by molar-refractivity contribution is 0.303. The van der Waals surface area contributed by atoms with Crippen LogP contribution in [0.15, 0.2) is 29.2 Å². The number of hydrogen-bond acceptors (Lipinski definition) is 3. The van der Waals surface area contributed by atoms with Gasteiger partial charge in [0.25, 0.3) is 10.1 Å². The van der Waals surface area contributed by atoms with Crippen molar-refractivity contribution in [1.82, 2.24) is 0 Å². The zero-order chi connectivity index (χ0) is 10.8. The van der Waals surface area contributed by atoms with Crippen LogP contribution in [-0.4, -0.2) is 14.0 Å². The summed E-state index contributed by atoms with van der Waals surface area (Å²) in [6.45, 7) is 3.16. The summed E-state index contributed by atoms with van der Waals surface area (Å²) in [6.07, 6.45) is 0. The smallest absolute Gasteiger partial charge is 0.247 e. The second-order valence-electron chi connectivity index (χ2n) is 2.86. The van der Waals surface area contributed by atoms with Crippen molar-refractivity contribution in [3.8, 4) is 0 Å². The normalized spacial score (nSPS) is 13.9. The maximum absolute atomic E-state index is 11.6. The summed E-state index contributed by atoms with van der Waals surface area (Å²) >= 11 is 5.46. The minimum absolute atomic E-state index is 0.160. The van der Waals surface area contributed by atoms with Crippen LogP contribution in [0.4, 0.5) is 0 Å².